The fourth-order valence-corrected chi connectivity index (χ4v) is 4.28. The first-order chi connectivity index (χ1) is 11.3. The molecule has 2 aromatic heterocycles. The fraction of sp³-hybridized carbons (Fsp3) is 0.333. The monoisotopic (exact) mass is 306 g/mol. The van der Waals surface area contributed by atoms with Crippen LogP contribution in [-0.2, 0) is 6.54 Å². The molecule has 4 heterocycles. The Morgan fingerprint density at radius 3 is 3.04 bits per heavy atom. The molecule has 0 fully saturated rings. The summed E-state index contributed by atoms with van der Waals surface area (Å²) in [5, 5.41) is 15.4. The van der Waals surface area contributed by atoms with Gasteiger partial charge in [0.25, 0.3) is 0 Å². The van der Waals surface area contributed by atoms with Crippen LogP contribution in [0.3, 0.4) is 0 Å². The van der Waals surface area contributed by atoms with Gasteiger partial charge in [0.05, 0.1) is 30.0 Å². The predicted molar refractivity (Wildman–Crippen MR) is 85.7 cm³/mol. The number of imidazole rings is 1. The lowest BCUT2D eigenvalue weighted by molar-refractivity contribution is 0.0799. The Balaban J connectivity index is 1.65. The molecule has 0 saturated heterocycles. The number of aryl methyl sites for hydroxylation is 1. The number of hydrogen-bond acceptors (Lipinski definition) is 3. The summed E-state index contributed by atoms with van der Waals surface area (Å²) < 4.78 is 4.17. The van der Waals surface area contributed by atoms with Gasteiger partial charge in [0, 0.05) is 24.2 Å². The lowest BCUT2D eigenvalue weighted by Crippen LogP contribution is -2.23. The molecule has 3 unspecified atom stereocenters. The van der Waals surface area contributed by atoms with Crippen molar-refractivity contribution in [3.05, 3.63) is 60.3 Å². The van der Waals surface area contributed by atoms with E-state index in [1.807, 2.05) is 23.3 Å². The lowest BCUT2D eigenvalue weighted by atomic mass is 9.84. The third-order valence-electron chi connectivity index (χ3n) is 5.29. The Morgan fingerprint density at radius 2 is 2.09 bits per heavy atom. The molecule has 5 nitrogen and oxygen atoms in total. The Bertz CT molecular complexity index is 865. The van der Waals surface area contributed by atoms with Crippen molar-refractivity contribution in [2.75, 3.05) is 0 Å². The highest BCUT2D eigenvalue weighted by Gasteiger charge is 2.39. The van der Waals surface area contributed by atoms with Gasteiger partial charge in [-0.2, -0.15) is 5.10 Å². The number of nitrogens with zero attached hydrogens (tertiary/aromatic N) is 4. The van der Waals surface area contributed by atoms with Crippen LogP contribution >= 0.6 is 0 Å². The molecular weight excluding hydrogens is 288 g/mol. The summed E-state index contributed by atoms with van der Waals surface area (Å²) >= 11 is 0. The summed E-state index contributed by atoms with van der Waals surface area (Å²) in [4.78, 5) is 4.33. The molecule has 0 amide bonds. The number of aromatic nitrogens is 4. The van der Waals surface area contributed by atoms with Crippen LogP contribution in [-0.4, -0.2) is 24.4 Å². The van der Waals surface area contributed by atoms with Crippen LogP contribution in [0.2, 0.25) is 0 Å². The molecule has 116 valence electrons. The Hall–Kier alpha value is -2.40. The zero-order valence-corrected chi connectivity index (χ0v) is 12.7. The van der Waals surface area contributed by atoms with Gasteiger partial charge in [0.1, 0.15) is 6.10 Å². The zero-order chi connectivity index (χ0) is 15.4. The second-order valence-corrected chi connectivity index (χ2v) is 6.45. The van der Waals surface area contributed by atoms with Gasteiger partial charge in [-0.05, 0) is 24.5 Å². The maximum Gasteiger partial charge on any atom is 0.101 e. The van der Waals surface area contributed by atoms with E-state index in [0.29, 0.717) is 0 Å². The van der Waals surface area contributed by atoms with E-state index in [1.165, 1.54) is 11.1 Å². The molecule has 2 aliphatic rings. The van der Waals surface area contributed by atoms with Gasteiger partial charge < -0.3 is 9.67 Å². The normalized spacial score (nSPS) is 25.5. The topological polar surface area (TPSA) is 55.9 Å². The zero-order valence-electron chi connectivity index (χ0n) is 12.7. The average Bonchev–Trinajstić information content (AvgIpc) is 3.25. The van der Waals surface area contributed by atoms with E-state index in [1.54, 1.807) is 6.20 Å². The van der Waals surface area contributed by atoms with Crippen molar-refractivity contribution in [2.24, 2.45) is 5.92 Å². The molecule has 0 radical (unpaired) electrons. The molecule has 1 aromatic carbocycles. The second kappa shape index (κ2) is 4.80. The second-order valence-electron chi connectivity index (χ2n) is 6.45. The summed E-state index contributed by atoms with van der Waals surface area (Å²) in [5.74, 6) is 0.129. The highest BCUT2D eigenvalue weighted by Crippen LogP contribution is 2.48. The van der Waals surface area contributed by atoms with Gasteiger partial charge in [-0.1, -0.05) is 24.3 Å². The largest absolute Gasteiger partial charge is 0.386 e. The van der Waals surface area contributed by atoms with Crippen molar-refractivity contribution in [1.82, 2.24) is 19.3 Å². The van der Waals surface area contributed by atoms with Crippen molar-refractivity contribution in [2.45, 2.75) is 31.5 Å². The van der Waals surface area contributed by atoms with Gasteiger partial charge in [-0.25, -0.2) is 4.98 Å². The molecule has 5 rings (SSSR count). The van der Waals surface area contributed by atoms with E-state index < -0.39 is 6.10 Å². The first-order valence-corrected chi connectivity index (χ1v) is 8.15. The summed E-state index contributed by atoms with van der Waals surface area (Å²) in [6.07, 6.45) is 7.10. The van der Waals surface area contributed by atoms with E-state index in [4.69, 9.17) is 0 Å². The molecule has 0 bridgehead atoms. The number of benzene rings is 1. The fourth-order valence-electron chi connectivity index (χ4n) is 4.28. The SMILES string of the molecule is OC1c2ccnn2CCCC1C1c2ccccc2-c2cncn21. The summed E-state index contributed by atoms with van der Waals surface area (Å²) in [6.45, 7) is 0.876. The Morgan fingerprint density at radius 1 is 1.17 bits per heavy atom. The number of hydrogen-bond donors (Lipinski definition) is 1. The molecule has 1 N–H and O–H groups in total. The van der Waals surface area contributed by atoms with E-state index in [9.17, 15) is 5.11 Å². The van der Waals surface area contributed by atoms with E-state index >= 15 is 0 Å². The first-order valence-electron chi connectivity index (χ1n) is 8.15. The molecule has 3 atom stereocenters. The molecule has 3 aromatic rings. The number of aliphatic hydroxyl groups is 1. The van der Waals surface area contributed by atoms with E-state index in [0.717, 1.165) is 30.8 Å². The van der Waals surface area contributed by atoms with Gasteiger partial charge in [-0.15, -0.1) is 0 Å². The van der Waals surface area contributed by atoms with Gasteiger partial charge >= 0.3 is 0 Å². The van der Waals surface area contributed by atoms with E-state index in [2.05, 4.69) is 38.9 Å². The predicted octanol–water partition coefficient (Wildman–Crippen LogP) is 2.79. The van der Waals surface area contributed by atoms with E-state index in [-0.39, 0.29) is 12.0 Å². The molecule has 0 aliphatic carbocycles. The Kier molecular flexibility index (Phi) is 2.73. The maximum absolute atomic E-state index is 11.0. The lowest BCUT2D eigenvalue weighted by Gasteiger charge is -2.28. The number of fused-ring (bicyclic) bond motifs is 4. The molecule has 0 saturated carbocycles. The van der Waals surface area contributed by atoms with Crippen LogP contribution in [0.15, 0.2) is 49.1 Å². The minimum absolute atomic E-state index is 0.129. The van der Waals surface area contributed by atoms with Crippen molar-refractivity contribution in [3.8, 4) is 11.3 Å². The minimum Gasteiger partial charge on any atom is -0.386 e. The molecular formula is C18H18N4O. The highest BCUT2D eigenvalue weighted by molar-refractivity contribution is 5.69. The minimum atomic E-state index is -0.508. The van der Waals surface area contributed by atoms with Crippen LogP contribution in [0.1, 0.15) is 36.2 Å². The van der Waals surface area contributed by atoms with Crippen LogP contribution in [0.4, 0.5) is 0 Å². The van der Waals surface area contributed by atoms with Crippen molar-refractivity contribution in [3.63, 3.8) is 0 Å². The summed E-state index contributed by atoms with van der Waals surface area (Å²) in [6, 6.07) is 10.6. The summed E-state index contributed by atoms with van der Waals surface area (Å²) in [7, 11) is 0. The van der Waals surface area contributed by atoms with Crippen molar-refractivity contribution in [1.29, 1.82) is 0 Å². The molecule has 0 spiro atoms. The maximum atomic E-state index is 11.0. The van der Waals surface area contributed by atoms with Gasteiger partial charge in [0.2, 0.25) is 0 Å². The Labute approximate surface area is 134 Å². The molecule has 5 heteroatoms. The molecule has 2 aliphatic heterocycles. The third-order valence-corrected chi connectivity index (χ3v) is 5.29. The highest BCUT2D eigenvalue weighted by atomic mass is 16.3. The van der Waals surface area contributed by atoms with Crippen LogP contribution in [0.25, 0.3) is 11.3 Å². The third kappa shape index (κ3) is 1.77. The van der Waals surface area contributed by atoms with Crippen LogP contribution in [0, 0.1) is 5.92 Å². The molecule has 23 heavy (non-hydrogen) atoms. The number of rotatable bonds is 1. The smallest absolute Gasteiger partial charge is 0.101 e. The summed E-state index contributed by atoms with van der Waals surface area (Å²) in [5.41, 5.74) is 4.61. The quantitative estimate of drug-likeness (QED) is 0.752. The number of aliphatic hydroxyl groups excluding tert-OH is 1. The average molecular weight is 306 g/mol. The standard InChI is InChI=1S/C18H18N4O/c23-18-14(6-3-9-22-15(18)7-8-20-22)17-13-5-2-1-4-12(13)16-10-19-11-21(16)17/h1-2,4-5,7-8,10-11,14,17-18,23H,3,6,9H2. The van der Waals surface area contributed by atoms with Gasteiger partial charge in [0.15, 0.2) is 0 Å². The van der Waals surface area contributed by atoms with Gasteiger partial charge in [-0.3, -0.25) is 4.68 Å². The van der Waals surface area contributed by atoms with Crippen molar-refractivity contribution < 1.29 is 5.11 Å². The van der Waals surface area contributed by atoms with Crippen LogP contribution in [0.5, 0.6) is 0 Å². The van der Waals surface area contributed by atoms with Crippen LogP contribution < -0.4 is 0 Å². The first kappa shape index (κ1) is 13.1. The van der Waals surface area contributed by atoms with Crippen molar-refractivity contribution >= 4 is 0 Å².